The van der Waals surface area contributed by atoms with E-state index in [4.69, 9.17) is 4.74 Å². The number of hydrogen-bond acceptors (Lipinski definition) is 7. The molecule has 1 fully saturated rings. The van der Waals surface area contributed by atoms with Crippen molar-refractivity contribution in [2.45, 2.75) is 38.5 Å². The standard InChI is InChI=1S/C20H25N3O5S2/c1-4-28-19(25)16-12-29-20(21-16)22-18(24)15-7-9-23(10-8-15)30(26,27)17-6-5-13(2)11-14(17)3/h5-6,11-12,15H,4,7-10H2,1-3H3,(H,21,22,24). The Morgan fingerprint density at radius 2 is 1.97 bits per heavy atom. The van der Waals surface area contributed by atoms with Gasteiger partial charge < -0.3 is 10.1 Å². The molecule has 0 bridgehead atoms. The summed E-state index contributed by atoms with van der Waals surface area (Å²) in [4.78, 5) is 28.6. The van der Waals surface area contributed by atoms with Gasteiger partial charge in [-0.2, -0.15) is 4.31 Å². The first-order valence-corrected chi connectivity index (χ1v) is 12.0. The molecule has 10 heteroatoms. The number of piperidine rings is 1. The summed E-state index contributed by atoms with van der Waals surface area (Å²) in [5, 5.41) is 4.58. The van der Waals surface area contributed by atoms with Gasteiger partial charge in [0.05, 0.1) is 11.5 Å². The predicted molar refractivity (Wildman–Crippen MR) is 114 cm³/mol. The molecule has 0 atom stereocenters. The Kier molecular flexibility index (Phi) is 6.89. The van der Waals surface area contributed by atoms with Gasteiger partial charge in [0.25, 0.3) is 0 Å². The first-order chi connectivity index (χ1) is 14.2. The van der Waals surface area contributed by atoms with Crippen molar-refractivity contribution in [2.75, 3.05) is 25.0 Å². The van der Waals surface area contributed by atoms with E-state index >= 15 is 0 Å². The normalized spacial score (nSPS) is 15.7. The quantitative estimate of drug-likeness (QED) is 0.677. The van der Waals surface area contributed by atoms with Crippen molar-refractivity contribution in [2.24, 2.45) is 5.92 Å². The minimum absolute atomic E-state index is 0.159. The summed E-state index contributed by atoms with van der Waals surface area (Å²) in [6.07, 6.45) is 0.845. The molecule has 30 heavy (non-hydrogen) atoms. The number of amides is 1. The number of aryl methyl sites for hydroxylation is 2. The Hall–Kier alpha value is -2.30. The molecule has 1 amide bonds. The van der Waals surface area contributed by atoms with E-state index in [1.807, 2.05) is 13.0 Å². The average molecular weight is 452 g/mol. The molecule has 1 aliphatic rings. The molecule has 0 aliphatic carbocycles. The number of thiazole rings is 1. The van der Waals surface area contributed by atoms with Crippen LogP contribution in [0.4, 0.5) is 5.13 Å². The predicted octanol–water partition coefficient (Wildman–Crippen LogP) is 2.98. The van der Waals surface area contributed by atoms with Gasteiger partial charge >= 0.3 is 5.97 Å². The molecule has 0 radical (unpaired) electrons. The zero-order chi connectivity index (χ0) is 21.9. The van der Waals surface area contributed by atoms with Crippen molar-refractivity contribution in [1.29, 1.82) is 0 Å². The van der Waals surface area contributed by atoms with E-state index in [0.29, 0.717) is 22.9 Å². The third-order valence-corrected chi connectivity index (χ3v) is 7.81. The van der Waals surface area contributed by atoms with Crippen molar-refractivity contribution in [3.63, 3.8) is 0 Å². The van der Waals surface area contributed by atoms with Crippen LogP contribution in [0.2, 0.25) is 0 Å². The summed E-state index contributed by atoms with van der Waals surface area (Å²) in [6, 6.07) is 5.28. The summed E-state index contributed by atoms with van der Waals surface area (Å²) in [5.41, 5.74) is 1.89. The molecule has 1 aliphatic heterocycles. The van der Waals surface area contributed by atoms with Crippen molar-refractivity contribution < 1.29 is 22.7 Å². The van der Waals surface area contributed by atoms with Gasteiger partial charge in [-0.25, -0.2) is 18.2 Å². The number of ether oxygens (including phenoxy) is 1. The maximum absolute atomic E-state index is 13.0. The van der Waals surface area contributed by atoms with Crippen LogP contribution in [0.1, 0.15) is 41.4 Å². The summed E-state index contributed by atoms with van der Waals surface area (Å²) in [6.45, 7) is 6.23. The van der Waals surface area contributed by atoms with Gasteiger partial charge in [-0.15, -0.1) is 11.3 Å². The van der Waals surface area contributed by atoms with Gasteiger partial charge in [0.1, 0.15) is 0 Å². The van der Waals surface area contributed by atoms with Crippen molar-refractivity contribution in [3.05, 3.63) is 40.4 Å². The third kappa shape index (κ3) is 4.88. The molecule has 3 rings (SSSR count). The van der Waals surface area contributed by atoms with E-state index < -0.39 is 16.0 Å². The Labute approximate surface area is 180 Å². The number of esters is 1. The second kappa shape index (κ2) is 9.23. The van der Waals surface area contributed by atoms with E-state index in [-0.39, 0.29) is 37.2 Å². The summed E-state index contributed by atoms with van der Waals surface area (Å²) in [5.74, 6) is -1.06. The number of nitrogens with zero attached hydrogens (tertiary/aromatic N) is 2. The van der Waals surface area contributed by atoms with Crippen LogP contribution in [-0.4, -0.2) is 49.3 Å². The number of hydrogen-bond donors (Lipinski definition) is 1. The molecule has 1 aromatic carbocycles. The van der Waals surface area contributed by atoms with E-state index in [0.717, 1.165) is 22.5 Å². The zero-order valence-electron chi connectivity index (χ0n) is 17.2. The second-order valence-corrected chi connectivity index (χ2v) is 9.96. The minimum atomic E-state index is -3.59. The van der Waals surface area contributed by atoms with Gasteiger partial charge in [-0.3, -0.25) is 4.79 Å². The maximum atomic E-state index is 13.0. The fourth-order valence-corrected chi connectivity index (χ4v) is 5.78. The number of anilines is 1. The topological polar surface area (TPSA) is 106 Å². The third-order valence-electron chi connectivity index (χ3n) is 4.99. The second-order valence-electron chi connectivity index (χ2n) is 7.19. The molecule has 1 aromatic heterocycles. The van der Waals surface area contributed by atoms with E-state index in [2.05, 4.69) is 10.3 Å². The van der Waals surface area contributed by atoms with Gasteiger partial charge in [0, 0.05) is 24.4 Å². The number of carbonyl (C=O) groups is 2. The Morgan fingerprint density at radius 1 is 1.27 bits per heavy atom. The van der Waals surface area contributed by atoms with Gasteiger partial charge in [-0.1, -0.05) is 17.7 Å². The van der Waals surface area contributed by atoms with Gasteiger partial charge in [0.15, 0.2) is 10.8 Å². The molecular weight excluding hydrogens is 426 g/mol. The summed E-state index contributed by atoms with van der Waals surface area (Å²) < 4.78 is 32.3. The van der Waals surface area contributed by atoms with E-state index in [1.165, 1.54) is 9.69 Å². The number of aromatic nitrogens is 1. The van der Waals surface area contributed by atoms with Crippen molar-refractivity contribution in [3.8, 4) is 0 Å². The van der Waals surface area contributed by atoms with Crippen LogP contribution >= 0.6 is 11.3 Å². The summed E-state index contributed by atoms with van der Waals surface area (Å²) >= 11 is 1.15. The Balaban J connectivity index is 1.60. The largest absolute Gasteiger partial charge is 0.461 e. The zero-order valence-corrected chi connectivity index (χ0v) is 18.8. The van der Waals surface area contributed by atoms with Crippen LogP contribution in [0.5, 0.6) is 0 Å². The number of benzene rings is 1. The van der Waals surface area contributed by atoms with Crippen molar-refractivity contribution in [1.82, 2.24) is 9.29 Å². The number of carbonyl (C=O) groups excluding carboxylic acids is 2. The molecule has 0 spiro atoms. The molecule has 0 unspecified atom stereocenters. The van der Waals surface area contributed by atoms with E-state index in [9.17, 15) is 18.0 Å². The van der Waals surface area contributed by atoms with Crippen LogP contribution in [0.25, 0.3) is 0 Å². The lowest BCUT2D eigenvalue weighted by Crippen LogP contribution is -2.41. The Bertz CT molecular complexity index is 1040. The fraction of sp³-hybridized carbons (Fsp3) is 0.450. The smallest absolute Gasteiger partial charge is 0.357 e. The Morgan fingerprint density at radius 3 is 2.60 bits per heavy atom. The van der Waals surface area contributed by atoms with Crippen LogP contribution in [0.15, 0.2) is 28.5 Å². The van der Waals surface area contributed by atoms with E-state index in [1.54, 1.807) is 26.0 Å². The average Bonchev–Trinajstić information content (AvgIpc) is 3.16. The first kappa shape index (κ1) is 22.4. The molecule has 1 saturated heterocycles. The maximum Gasteiger partial charge on any atom is 0.357 e. The number of sulfonamides is 1. The molecule has 1 N–H and O–H groups in total. The number of nitrogens with one attached hydrogen (secondary N) is 1. The lowest BCUT2D eigenvalue weighted by Gasteiger charge is -2.30. The summed E-state index contributed by atoms with van der Waals surface area (Å²) in [7, 11) is -3.59. The molecule has 2 aromatic rings. The van der Waals surface area contributed by atoms with Crippen molar-refractivity contribution >= 4 is 38.4 Å². The van der Waals surface area contributed by atoms with Crippen LogP contribution in [0, 0.1) is 19.8 Å². The molecule has 0 saturated carbocycles. The van der Waals surface area contributed by atoms with Crippen LogP contribution < -0.4 is 5.32 Å². The van der Waals surface area contributed by atoms with Gasteiger partial charge in [-0.05, 0) is 45.2 Å². The lowest BCUT2D eigenvalue weighted by molar-refractivity contribution is -0.120. The molecular formula is C20H25N3O5S2. The number of rotatable bonds is 6. The van der Waals surface area contributed by atoms with Crippen LogP contribution in [0.3, 0.4) is 0 Å². The first-order valence-electron chi connectivity index (χ1n) is 9.73. The highest BCUT2D eigenvalue weighted by atomic mass is 32.2. The minimum Gasteiger partial charge on any atom is -0.461 e. The van der Waals surface area contributed by atoms with Gasteiger partial charge in [0.2, 0.25) is 15.9 Å². The highest BCUT2D eigenvalue weighted by Crippen LogP contribution is 2.27. The SMILES string of the molecule is CCOC(=O)c1csc(NC(=O)C2CCN(S(=O)(=O)c3ccc(C)cc3C)CC2)n1. The highest BCUT2D eigenvalue weighted by molar-refractivity contribution is 7.89. The molecule has 2 heterocycles. The molecule has 8 nitrogen and oxygen atoms in total. The van der Waals surface area contributed by atoms with Crippen LogP contribution in [-0.2, 0) is 19.6 Å². The fourth-order valence-electron chi connectivity index (χ4n) is 3.42. The monoisotopic (exact) mass is 451 g/mol. The molecule has 162 valence electrons. The highest BCUT2D eigenvalue weighted by Gasteiger charge is 2.33. The lowest BCUT2D eigenvalue weighted by atomic mass is 9.97.